The molecule has 0 fully saturated rings. The van der Waals surface area contributed by atoms with Crippen molar-refractivity contribution in [1.29, 1.82) is 0 Å². The molecule has 0 atom stereocenters. The first-order chi connectivity index (χ1) is 6.24. The van der Waals surface area contributed by atoms with Crippen LogP contribution >= 0.6 is 34.5 Å². The van der Waals surface area contributed by atoms with Gasteiger partial charge in [0.15, 0.2) is 0 Å². The summed E-state index contributed by atoms with van der Waals surface area (Å²) in [5, 5.41) is 2.56. The number of benzene rings is 1. The zero-order chi connectivity index (χ0) is 9.42. The van der Waals surface area contributed by atoms with Gasteiger partial charge in [-0.1, -0.05) is 11.6 Å². The molecule has 2 aromatic rings. The number of rotatable bonds is 1. The summed E-state index contributed by atoms with van der Waals surface area (Å²) in [7, 11) is 0. The van der Waals surface area contributed by atoms with Crippen LogP contribution in [0.5, 0.6) is 0 Å². The van der Waals surface area contributed by atoms with Crippen molar-refractivity contribution in [3.63, 3.8) is 0 Å². The molecule has 1 aromatic heterocycles. The highest BCUT2D eigenvalue weighted by molar-refractivity contribution is 7.17. The zero-order valence-corrected chi connectivity index (χ0v) is 8.81. The Bertz CT molecular complexity index is 450. The van der Waals surface area contributed by atoms with Gasteiger partial charge in [-0.15, -0.1) is 22.9 Å². The van der Waals surface area contributed by atoms with Gasteiger partial charge < -0.3 is 0 Å². The molecule has 2 rings (SSSR count). The summed E-state index contributed by atoms with van der Waals surface area (Å²) in [6, 6.07) is 3.55. The SMILES string of the molecule is Fc1csc2ccc(Cl)c(CCl)c12. The lowest BCUT2D eigenvalue weighted by Gasteiger charge is -2.01. The second-order valence-electron chi connectivity index (χ2n) is 2.62. The van der Waals surface area contributed by atoms with Crippen LogP contribution in [0.1, 0.15) is 5.56 Å². The summed E-state index contributed by atoms with van der Waals surface area (Å²) < 4.78 is 14.2. The fourth-order valence-electron chi connectivity index (χ4n) is 1.27. The van der Waals surface area contributed by atoms with Gasteiger partial charge in [-0.25, -0.2) is 4.39 Å². The van der Waals surface area contributed by atoms with Gasteiger partial charge in [0, 0.05) is 26.4 Å². The predicted octanol–water partition coefficient (Wildman–Crippen LogP) is 4.43. The molecule has 0 bridgehead atoms. The smallest absolute Gasteiger partial charge is 0.142 e. The molecule has 1 heterocycles. The lowest BCUT2D eigenvalue weighted by molar-refractivity contribution is 0.643. The van der Waals surface area contributed by atoms with Crippen LogP contribution in [0.2, 0.25) is 5.02 Å². The zero-order valence-electron chi connectivity index (χ0n) is 6.48. The lowest BCUT2D eigenvalue weighted by Crippen LogP contribution is -1.83. The molecule has 68 valence electrons. The highest BCUT2D eigenvalue weighted by Gasteiger charge is 2.10. The molecular formula is C9H5Cl2FS. The van der Waals surface area contributed by atoms with E-state index in [1.807, 2.05) is 6.07 Å². The molecule has 0 unspecified atom stereocenters. The van der Waals surface area contributed by atoms with Gasteiger partial charge in [0.1, 0.15) is 5.82 Å². The molecule has 0 spiro atoms. The van der Waals surface area contributed by atoms with E-state index in [1.165, 1.54) is 16.7 Å². The summed E-state index contributed by atoms with van der Waals surface area (Å²) in [6.07, 6.45) is 0. The van der Waals surface area contributed by atoms with E-state index in [9.17, 15) is 4.39 Å². The number of fused-ring (bicyclic) bond motifs is 1. The maximum absolute atomic E-state index is 13.3. The molecule has 0 aliphatic heterocycles. The molecule has 13 heavy (non-hydrogen) atoms. The minimum atomic E-state index is -0.238. The molecule has 4 heteroatoms. The quantitative estimate of drug-likeness (QED) is 0.641. The van der Waals surface area contributed by atoms with Crippen molar-refractivity contribution >= 4 is 44.6 Å². The summed E-state index contributed by atoms with van der Waals surface area (Å²) in [5.41, 5.74) is 0.680. The van der Waals surface area contributed by atoms with Crippen LogP contribution in [-0.4, -0.2) is 0 Å². The second kappa shape index (κ2) is 3.45. The molecule has 0 N–H and O–H groups in total. The Kier molecular flexibility index (Phi) is 2.45. The van der Waals surface area contributed by atoms with Crippen LogP contribution in [0.4, 0.5) is 4.39 Å². The van der Waals surface area contributed by atoms with Crippen LogP contribution in [0.3, 0.4) is 0 Å². The summed E-state index contributed by atoms with van der Waals surface area (Å²) >= 11 is 12.9. The van der Waals surface area contributed by atoms with Gasteiger partial charge >= 0.3 is 0 Å². The molecule has 0 nitrogen and oxygen atoms in total. The van der Waals surface area contributed by atoms with Crippen LogP contribution in [0.25, 0.3) is 10.1 Å². The molecule has 1 aromatic carbocycles. The van der Waals surface area contributed by atoms with Crippen molar-refractivity contribution in [2.24, 2.45) is 0 Å². The van der Waals surface area contributed by atoms with Crippen molar-refractivity contribution in [3.8, 4) is 0 Å². The fourth-order valence-corrected chi connectivity index (χ4v) is 2.67. The van der Waals surface area contributed by atoms with E-state index in [0.29, 0.717) is 16.0 Å². The number of hydrogen-bond acceptors (Lipinski definition) is 1. The first-order valence-corrected chi connectivity index (χ1v) is 5.43. The minimum absolute atomic E-state index is 0.238. The number of halogens is 3. The molecule has 0 radical (unpaired) electrons. The first-order valence-electron chi connectivity index (χ1n) is 3.64. The van der Waals surface area contributed by atoms with E-state index in [4.69, 9.17) is 23.2 Å². The number of alkyl halides is 1. The molecule has 0 aliphatic carbocycles. The molecule has 0 saturated carbocycles. The van der Waals surface area contributed by atoms with Crippen LogP contribution in [0.15, 0.2) is 17.5 Å². The minimum Gasteiger partial charge on any atom is -0.205 e. The third-order valence-corrected chi connectivity index (χ3v) is 3.42. The molecular weight excluding hydrogens is 230 g/mol. The Morgan fingerprint density at radius 3 is 2.85 bits per heavy atom. The van der Waals surface area contributed by atoms with Crippen molar-refractivity contribution in [2.75, 3.05) is 0 Å². The van der Waals surface area contributed by atoms with Crippen molar-refractivity contribution < 1.29 is 4.39 Å². The number of hydrogen-bond donors (Lipinski definition) is 0. The van der Waals surface area contributed by atoms with Crippen LogP contribution in [0, 0.1) is 5.82 Å². The molecule has 0 aliphatic rings. The summed E-state index contributed by atoms with van der Waals surface area (Å²) in [6.45, 7) is 0. The second-order valence-corrected chi connectivity index (χ2v) is 4.20. The lowest BCUT2D eigenvalue weighted by atomic mass is 10.1. The van der Waals surface area contributed by atoms with Gasteiger partial charge in [-0.05, 0) is 17.7 Å². The average Bonchev–Trinajstić information content (AvgIpc) is 2.49. The van der Waals surface area contributed by atoms with E-state index in [2.05, 4.69) is 0 Å². The van der Waals surface area contributed by atoms with Gasteiger partial charge in [-0.2, -0.15) is 0 Å². The first kappa shape index (κ1) is 9.25. The van der Waals surface area contributed by atoms with Gasteiger partial charge in [-0.3, -0.25) is 0 Å². The molecule has 0 amide bonds. The van der Waals surface area contributed by atoms with Crippen molar-refractivity contribution in [3.05, 3.63) is 33.9 Å². The normalized spacial score (nSPS) is 11.0. The molecule has 0 saturated heterocycles. The van der Waals surface area contributed by atoms with E-state index in [0.717, 1.165) is 4.70 Å². The maximum Gasteiger partial charge on any atom is 0.142 e. The van der Waals surface area contributed by atoms with Gasteiger partial charge in [0.25, 0.3) is 0 Å². The third kappa shape index (κ3) is 1.43. The van der Waals surface area contributed by atoms with E-state index < -0.39 is 0 Å². The highest BCUT2D eigenvalue weighted by Crippen LogP contribution is 2.33. The third-order valence-electron chi connectivity index (χ3n) is 1.88. The Hall–Kier alpha value is -0.310. The van der Waals surface area contributed by atoms with Crippen LogP contribution < -0.4 is 0 Å². The predicted molar refractivity (Wildman–Crippen MR) is 56.4 cm³/mol. The van der Waals surface area contributed by atoms with Crippen LogP contribution in [-0.2, 0) is 5.88 Å². The van der Waals surface area contributed by atoms with Crippen molar-refractivity contribution in [1.82, 2.24) is 0 Å². The fraction of sp³-hybridized carbons (Fsp3) is 0.111. The standard InChI is InChI=1S/C9H5Cl2FS/c10-3-5-6(11)1-2-8-9(5)7(12)4-13-8/h1-2,4H,3H2. The Labute approximate surface area is 88.9 Å². The summed E-state index contributed by atoms with van der Waals surface area (Å²) in [4.78, 5) is 0. The van der Waals surface area contributed by atoms with Gasteiger partial charge in [0.05, 0.1) is 0 Å². The topological polar surface area (TPSA) is 0 Å². The van der Waals surface area contributed by atoms with E-state index >= 15 is 0 Å². The van der Waals surface area contributed by atoms with Gasteiger partial charge in [0.2, 0.25) is 0 Å². The average molecular weight is 235 g/mol. The largest absolute Gasteiger partial charge is 0.205 e. The van der Waals surface area contributed by atoms with E-state index in [1.54, 1.807) is 6.07 Å². The van der Waals surface area contributed by atoms with Crippen molar-refractivity contribution in [2.45, 2.75) is 5.88 Å². The Balaban J connectivity index is 2.88. The Morgan fingerprint density at radius 2 is 2.15 bits per heavy atom. The maximum atomic E-state index is 13.3. The highest BCUT2D eigenvalue weighted by atomic mass is 35.5. The monoisotopic (exact) mass is 234 g/mol. The van der Waals surface area contributed by atoms with E-state index in [-0.39, 0.29) is 11.7 Å². The summed E-state index contributed by atoms with van der Waals surface area (Å²) in [5.74, 6) is 0.00208. The number of thiophene rings is 1. The Morgan fingerprint density at radius 1 is 1.38 bits per heavy atom.